The van der Waals surface area contributed by atoms with Crippen molar-refractivity contribution in [1.29, 1.82) is 0 Å². The maximum atomic E-state index is 12.4. The second-order valence-electron chi connectivity index (χ2n) is 5.13. The summed E-state index contributed by atoms with van der Waals surface area (Å²) in [6.45, 7) is 0. The SMILES string of the molecule is O=S(=O)(Nc1nnc(C2CC2)s1)c1cnn(-c2ccccn2)c1. The summed E-state index contributed by atoms with van der Waals surface area (Å²) in [5.74, 6) is 0.985. The third kappa shape index (κ3) is 2.94. The van der Waals surface area contributed by atoms with Gasteiger partial charge in [0, 0.05) is 12.1 Å². The highest BCUT2D eigenvalue weighted by Crippen LogP contribution is 2.42. The van der Waals surface area contributed by atoms with Crippen molar-refractivity contribution >= 4 is 26.5 Å². The van der Waals surface area contributed by atoms with E-state index in [-0.39, 0.29) is 10.0 Å². The molecular weight excluding hydrogens is 336 g/mol. The molecular formula is C13H12N6O2S2. The van der Waals surface area contributed by atoms with Crippen LogP contribution >= 0.6 is 11.3 Å². The second-order valence-corrected chi connectivity index (χ2v) is 7.83. The quantitative estimate of drug-likeness (QED) is 0.754. The Kier molecular flexibility index (Phi) is 3.34. The number of nitrogens with zero attached hydrogens (tertiary/aromatic N) is 5. The van der Waals surface area contributed by atoms with Crippen LogP contribution in [0.1, 0.15) is 23.8 Å². The molecule has 1 saturated carbocycles. The van der Waals surface area contributed by atoms with Crippen molar-refractivity contribution in [2.75, 3.05) is 4.72 Å². The highest BCUT2D eigenvalue weighted by Gasteiger charge is 2.28. The number of hydrogen-bond acceptors (Lipinski definition) is 7. The van der Waals surface area contributed by atoms with E-state index in [1.54, 1.807) is 24.4 Å². The summed E-state index contributed by atoms with van der Waals surface area (Å²) in [4.78, 5) is 4.17. The van der Waals surface area contributed by atoms with Crippen LogP contribution in [0.25, 0.3) is 5.82 Å². The van der Waals surface area contributed by atoms with Gasteiger partial charge in [0.1, 0.15) is 9.90 Å². The van der Waals surface area contributed by atoms with Crippen LogP contribution in [0.4, 0.5) is 5.13 Å². The Morgan fingerprint density at radius 3 is 2.87 bits per heavy atom. The molecule has 8 nitrogen and oxygen atoms in total. The minimum absolute atomic E-state index is 0.0475. The zero-order valence-electron chi connectivity index (χ0n) is 11.8. The first kappa shape index (κ1) is 14.3. The molecule has 1 fully saturated rings. The monoisotopic (exact) mass is 348 g/mol. The van der Waals surface area contributed by atoms with Crippen LogP contribution in [-0.4, -0.2) is 33.4 Å². The topological polar surface area (TPSA) is 103 Å². The standard InChI is InChI=1S/C13H12N6O2S2/c20-23(21,18-13-17-16-12(22-13)9-4-5-9)10-7-15-19(8-10)11-3-1-2-6-14-11/h1-3,6-9H,4-5H2,(H,17,18). The number of nitrogens with one attached hydrogen (secondary N) is 1. The van der Waals surface area contributed by atoms with Crippen LogP contribution in [0.2, 0.25) is 0 Å². The number of hydrogen-bond donors (Lipinski definition) is 1. The van der Waals surface area contributed by atoms with E-state index in [1.807, 2.05) is 0 Å². The van der Waals surface area contributed by atoms with E-state index in [1.165, 1.54) is 28.4 Å². The van der Waals surface area contributed by atoms with Gasteiger partial charge in [-0.15, -0.1) is 10.2 Å². The minimum Gasteiger partial charge on any atom is -0.253 e. The van der Waals surface area contributed by atoms with Crippen molar-refractivity contribution in [3.05, 3.63) is 41.8 Å². The molecule has 1 aliphatic carbocycles. The van der Waals surface area contributed by atoms with Crippen LogP contribution in [0.5, 0.6) is 0 Å². The van der Waals surface area contributed by atoms with Crippen LogP contribution in [0.3, 0.4) is 0 Å². The molecule has 0 radical (unpaired) electrons. The molecule has 0 aliphatic heterocycles. The first-order valence-corrected chi connectivity index (χ1v) is 9.24. The molecule has 4 rings (SSSR count). The predicted octanol–water partition coefficient (Wildman–Crippen LogP) is 1.80. The van der Waals surface area contributed by atoms with Crippen LogP contribution in [-0.2, 0) is 10.0 Å². The van der Waals surface area contributed by atoms with Gasteiger partial charge in [-0.25, -0.2) is 18.1 Å². The van der Waals surface area contributed by atoms with Crippen LogP contribution in [0.15, 0.2) is 41.7 Å². The van der Waals surface area contributed by atoms with Crippen molar-refractivity contribution in [2.24, 2.45) is 0 Å². The van der Waals surface area contributed by atoms with E-state index >= 15 is 0 Å². The molecule has 1 aliphatic rings. The van der Waals surface area contributed by atoms with E-state index in [0.29, 0.717) is 11.7 Å². The zero-order valence-corrected chi connectivity index (χ0v) is 13.5. The molecule has 3 heterocycles. The van der Waals surface area contributed by atoms with Crippen LogP contribution < -0.4 is 4.72 Å². The van der Waals surface area contributed by atoms with Gasteiger partial charge < -0.3 is 0 Å². The molecule has 0 atom stereocenters. The Bertz CT molecular complexity index is 930. The highest BCUT2D eigenvalue weighted by molar-refractivity contribution is 7.93. The molecule has 0 aromatic carbocycles. The summed E-state index contributed by atoms with van der Waals surface area (Å²) in [7, 11) is -3.75. The number of sulfonamides is 1. The van der Waals surface area contributed by atoms with E-state index in [2.05, 4.69) is 25.0 Å². The van der Waals surface area contributed by atoms with Gasteiger partial charge in [-0.2, -0.15) is 5.10 Å². The van der Waals surface area contributed by atoms with Crippen molar-refractivity contribution in [2.45, 2.75) is 23.7 Å². The molecule has 23 heavy (non-hydrogen) atoms. The van der Waals surface area contributed by atoms with E-state index < -0.39 is 10.0 Å². The molecule has 118 valence electrons. The molecule has 0 bridgehead atoms. The normalized spacial score (nSPS) is 14.8. The molecule has 1 N–H and O–H groups in total. The Morgan fingerprint density at radius 1 is 1.26 bits per heavy atom. The molecule has 0 saturated heterocycles. The largest absolute Gasteiger partial charge is 0.266 e. The first-order chi connectivity index (χ1) is 11.1. The Hall–Kier alpha value is -2.33. The predicted molar refractivity (Wildman–Crippen MR) is 84.1 cm³/mol. The third-order valence-electron chi connectivity index (χ3n) is 3.34. The van der Waals surface area contributed by atoms with Gasteiger partial charge in [0.15, 0.2) is 5.82 Å². The maximum absolute atomic E-state index is 12.4. The summed E-state index contributed by atoms with van der Waals surface area (Å²) >= 11 is 1.28. The Labute approximate surface area is 136 Å². The van der Waals surface area contributed by atoms with Crippen LogP contribution in [0, 0.1) is 0 Å². The molecule has 0 unspecified atom stereocenters. The van der Waals surface area contributed by atoms with E-state index in [0.717, 1.165) is 17.8 Å². The summed E-state index contributed by atoms with van der Waals surface area (Å²) < 4.78 is 28.6. The highest BCUT2D eigenvalue weighted by atomic mass is 32.2. The van der Waals surface area contributed by atoms with Gasteiger partial charge in [-0.3, -0.25) is 4.72 Å². The lowest BCUT2D eigenvalue weighted by Gasteiger charge is -2.01. The fourth-order valence-electron chi connectivity index (χ4n) is 2.00. The lowest BCUT2D eigenvalue weighted by Crippen LogP contribution is -2.12. The number of aromatic nitrogens is 5. The molecule has 3 aromatic rings. The lowest BCUT2D eigenvalue weighted by molar-refractivity contribution is 0.601. The molecule has 0 spiro atoms. The summed E-state index contributed by atoms with van der Waals surface area (Å²) in [6.07, 6.45) is 6.49. The average Bonchev–Trinajstić information content (AvgIpc) is 3.09. The smallest absolute Gasteiger partial charge is 0.253 e. The minimum atomic E-state index is -3.75. The number of rotatable bonds is 5. The average molecular weight is 348 g/mol. The van der Waals surface area contributed by atoms with Gasteiger partial charge in [0.25, 0.3) is 10.0 Å². The van der Waals surface area contributed by atoms with Crippen molar-refractivity contribution in [3.8, 4) is 5.82 Å². The molecule has 10 heteroatoms. The van der Waals surface area contributed by atoms with E-state index in [4.69, 9.17) is 0 Å². The van der Waals surface area contributed by atoms with Crippen molar-refractivity contribution in [1.82, 2.24) is 25.0 Å². The number of pyridine rings is 1. The van der Waals surface area contributed by atoms with Gasteiger partial charge in [-0.1, -0.05) is 17.4 Å². The van der Waals surface area contributed by atoms with Gasteiger partial charge in [0.2, 0.25) is 5.13 Å². The fraction of sp³-hybridized carbons (Fsp3) is 0.231. The fourth-order valence-corrected chi connectivity index (χ4v) is 4.08. The Balaban J connectivity index is 1.57. The summed E-state index contributed by atoms with van der Waals surface area (Å²) in [5.41, 5.74) is 0. The molecule has 3 aromatic heterocycles. The number of anilines is 1. The Morgan fingerprint density at radius 2 is 2.13 bits per heavy atom. The second kappa shape index (κ2) is 5.39. The first-order valence-electron chi connectivity index (χ1n) is 6.94. The zero-order chi connectivity index (χ0) is 15.9. The third-order valence-corrected chi connectivity index (χ3v) is 5.77. The van der Waals surface area contributed by atoms with Crippen molar-refractivity contribution in [3.63, 3.8) is 0 Å². The van der Waals surface area contributed by atoms with Gasteiger partial charge in [0.05, 0.1) is 12.4 Å². The maximum Gasteiger partial charge on any atom is 0.266 e. The van der Waals surface area contributed by atoms with Gasteiger partial charge in [-0.05, 0) is 25.0 Å². The van der Waals surface area contributed by atoms with Gasteiger partial charge >= 0.3 is 0 Å². The summed E-state index contributed by atoms with van der Waals surface area (Å²) in [6, 6.07) is 5.32. The lowest BCUT2D eigenvalue weighted by atomic mass is 10.5. The molecule has 0 amide bonds. The van der Waals surface area contributed by atoms with E-state index in [9.17, 15) is 8.42 Å². The summed E-state index contributed by atoms with van der Waals surface area (Å²) in [5, 5.41) is 13.1. The van der Waals surface area contributed by atoms with Crippen molar-refractivity contribution < 1.29 is 8.42 Å².